The molecule has 0 aromatic heterocycles. The van der Waals surface area contributed by atoms with Gasteiger partial charge in [-0.3, -0.25) is 9.59 Å². The molecule has 2 atom stereocenters. The molecule has 7 nitrogen and oxygen atoms in total. The number of carbonyl (C=O) groups excluding carboxylic acids is 2. The Morgan fingerprint density at radius 1 is 1.53 bits per heavy atom. The zero-order valence-corrected chi connectivity index (χ0v) is 10.9. The first-order chi connectivity index (χ1) is 8.99. The molecule has 1 amide bonds. The zero-order chi connectivity index (χ0) is 14.4. The van der Waals surface area contributed by atoms with E-state index < -0.39 is 18.0 Å². The van der Waals surface area contributed by atoms with Crippen molar-refractivity contribution in [3.63, 3.8) is 0 Å². The normalized spacial score (nSPS) is 20.4. The van der Waals surface area contributed by atoms with Gasteiger partial charge in [-0.25, -0.2) is 4.79 Å². The van der Waals surface area contributed by atoms with E-state index in [1.165, 1.54) is 4.90 Å². The van der Waals surface area contributed by atoms with Gasteiger partial charge in [0, 0.05) is 31.9 Å². The first-order valence-electron chi connectivity index (χ1n) is 6.28. The van der Waals surface area contributed by atoms with E-state index in [9.17, 15) is 14.4 Å². The number of amides is 1. The highest BCUT2D eigenvalue weighted by Gasteiger charge is 2.37. The van der Waals surface area contributed by atoms with Gasteiger partial charge in [-0.15, -0.1) is 0 Å². The number of aliphatic carboxylic acids is 1. The van der Waals surface area contributed by atoms with E-state index >= 15 is 0 Å². The van der Waals surface area contributed by atoms with Gasteiger partial charge in [0.1, 0.15) is 6.04 Å². The lowest BCUT2D eigenvalue weighted by Crippen LogP contribution is -2.42. The molecule has 7 heteroatoms. The minimum absolute atomic E-state index is 0.0258. The summed E-state index contributed by atoms with van der Waals surface area (Å²) in [6.45, 7) is 1.98. The summed E-state index contributed by atoms with van der Waals surface area (Å²) in [5, 5.41) is 18.2. The van der Waals surface area contributed by atoms with Crippen molar-refractivity contribution in [1.29, 1.82) is 0 Å². The lowest BCUT2D eigenvalue weighted by atomic mass is 10.1. The minimum atomic E-state index is -1.14. The van der Waals surface area contributed by atoms with Crippen molar-refractivity contribution in [2.24, 2.45) is 5.92 Å². The van der Waals surface area contributed by atoms with Crippen LogP contribution in [0.5, 0.6) is 0 Å². The summed E-state index contributed by atoms with van der Waals surface area (Å²) in [4.78, 5) is 35.3. The van der Waals surface area contributed by atoms with Gasteiger partial charge in [0.2, 0.25) is 5.91 Å². The maximum Gasteiger partial charge on any atom is 0.326 e. The van der Waals surface area contributed by atoms with Crippen LogP contribution in [-0.4, -0.2) is 58.8 Å². The molecule has 0 aliphatic carbocycles. The Hall–Kier alpha value is -1.63. The molecule has 1 heterocycles. The van der Waals surface area contributed by atoms with Crippen LogP contribution in [-0.2, 0) is 19.1 Å². The smallest absolute Gasteiger partial charge is 0.326 e. The fourth-order valence-corrected chi connectivity index (χ4v) is 2.13. The van der Waals surface area contributed by atoms with Gasteiger partial charge in [-0.2, -0.15) is 0 Å². The Labute approximate surface area is 111 Å². The van der Waals surface area contributed by atoms with Crippen molar-refractivity contribution in [1.82, 2.24) is 4.90 Å². The van der Waals surface area contributed by atoms with E-state index in [1.807, 2.05) is 0 Å². The van der Waals surface area contributed by atoms with Crippen molar-refractivity contribution in [2.75, 3.05) is 19.8 Å². The highest BCUT2D eigenvalue weighted by Crippen LogP contribution is 2.22. The summed E-state index contributed by atoms with van der Waals surface area (Å²) in [5.74, 6) is -2.14. The molecule has 1 saturated heterocycles. The van der Waals surface area contributed by atoms with Gasteiger partial charge in [0.25, 0.3) is 0 Å². The van der Waals surface area contributed by atoms with Gasteiger partial charge in [-0.1, -0.05) is 0 Å². The van der Waals surface area contributed by atoms with Crippen LogP contribution in [0.15, 0.2) is 0 Å². The number of ether oxygens (including phenoxy) is 1. The maximum atomic E-state index is 11.7. The van der Waals surface area contributed by atoms with Crippen molar-refractivity contribution >= 4 is 17.8 Å². The topological polar surface area (TPSA) is 104 Å². The van der Waals surface area contributed by atoms with E-state index in [1.54, 1.807) is 6.92 Å². The summed E-state index contributed by atoms with van der Waals surface area (Å²) in [7, 11) is 0. The van der Waals surface area contributed by atoms with Gasteiger partial charge in [-0.05, 0) is 13.3 Å². The quantitative estimate of drug-likeness (QED) is 0.613. The van der Waals surface area contributed by atoms with Crippen LogP contribution >= 0.6 is 0 Å². The van der Waals surface area contributed by atoms with Gasteiger partial charge >= 0.3 is 11.9 Å². The largest absolute Gasteiger partial charge is 0.480 e. The van der Waals surface area contributed by atoms with Crippen LogP contribution < -0.4 is 0 Å². The third kappa shape index (κ3) is 4.20. The molecule has 1 rings (SSSR count). The fraction of sp³-hybridized carbons (Fsp3) is 0.750. The summed E-state index contributed by atoms with van der Waals surface area (Å²) in [6.07, 6.45) is 0.135. The van der Waals surface area contributed by atoms with Crippen LogP contribution in [0.3, 0.4) is 0 Å². The highest BCUT2D eigenvalue weighted by atomic mass is 16.5. The molecule has 0 bridgehead atoms. The number of esters is 1. The number of aliphatic hydroxyl groups is 1. The van der Waals surface area contributed by atoms with Crippen LogP contribution in [0.1, 0.15) is 26.2 Å². The Morgan fingerprint density at radius 3 is 2.68 bits per heavy atom. The van der Waals surface area contributed by atoms with Crippen LogP contribution in [0, 0.1) is 5.92 Å². The lowest BCUT2D eigenvalue weighted by molar-refractivity contribution is -0.150. The van der Waals surface area contributed by atoms with E-state index in [4.69, 9.17) is 14.9 Å². The molecule has 108 valence electrons. The van der Waals surface area contributed by atoms with Crippen molar-refractivity contribution in [3.05, 3.63) is 0 Å². The molecule has 0 aromatic carbocycles. The second kappa shape index (κ2) is 7.08. The highest BCUT2D eigenvalue weighted by molar-refractivity contribution is 5.85. The summed E-state index contributed by atoms with van der Waals surface area (Å²) in [5.41, 5.74) is 0. The van der Waals surface area contributed by atoms with E-state index in [0.29, 0.717) is 0 Å². The Kier molecular flexibility index (Phi) is 5.75. The number of hydrogen-bond acceptors (Lipinski definition) is 5. The fourth-order valence-electron chi connectivity index (χ4n) is 2.13. The van der Waals surface area contributed by atoms with Crippen molar-refractivity contribution < 1.29 is 29.3 Å². The maximum absolute atomic E-state index is 11.7. The molecule has 2 N–H and O–H groups in total. The van der Waals surface area contributed by atoms with Gasteiger partial charge in [0.15, 0.2) is 0 Å². The molecular weight excluding hydrogens is 254 g/mol. The molecule has 0 saturated carbocycles. The lowest BCUT2D eigenvalue weighted by Gasteiger charge is -2.24. The Morgan fingerprint density at radius 2 is 2.21 bits per heavy atom. The third-order valence-electron chi connectivity index (χ3n) is 3.09. The van der Waals surface area contributed by atoms with Crippen molar-refractivity contribution in [3.8, 4) is 0 Å². The van der Waals surface area contributed by atoms with E-state index in [0.717, 1.165) is 0 Å². The molecule has 0 spiro atoms. The monoisotopic (exact) mass is 273 g/mol. The standard InChI is InChI=1S/C12H19NO6/c1-2-19-11(16)4-3-9(12(17)18)13-6-8(7-14)5-10(13)15/h8-9,14H,2-7H2,1H3,(H,17,18)/t8?,9-/m0/s1. The number of carboxylic acids is 1. The Balaban J connectivity index is 2.60. The predicted octanol–water partition coefficient (Wildman–Crippen LogP) is -0.376. The third-order valence-corrected chi connectivity index (χ3v) is 3.09. The van der Waals surface area contributed by atoms with Crippen molar-refractivity contribution in [2.45, 2.75) is 32.2 Å². The number of aliphatic hydroxyl groups excluding tert-OH is 1. The summed E-state index contributed by atoms with van der Waals surface area (Å²) in [6, 6.07) is -1.03. The molecule has 19 heavy (non-hydrogen) atoms. The van der Waals surface area contributed by atoms with Crippen LogP contribution in [0.2, 0.25) is 0 Å². The van der Waals surface area contributed by atoms with Gasteiger partial charge in [0.05, 0.1) is 6.61 Å². The molecule has 1 unspecified atom stereocenters. The summed E-state index contributed by atoms with van der Waals surface area (Å²) < 4.78 is 4.73. The first-order valence-corrected chi connectivity index (χ1v) is 6.28. The average Bonchev–Trinajstić information content (AvgIpc) is 2.71. The zero-order valence-electron chi connectivity index (χ0n) is 10.9. The SMILES string of the molecule is CCOC(=O)CC[C@@H](C(=O)O)N1CC(CO)CC1=O. The number of rotatable bonds is 7. The number of nitrogens with zero attached hydrogens (tertiary/aromatic N) is 1. The predicted molar refractivity (Wildman–Crippen MR) is 64.2 cm³/mol. The van der Waals surface area contributed by atoms with Gasteiger partial charge < -0.3 is 19.8 Å². The number of carboxylic acid groups (broad SMARTS) is 1. The molecule has 1 aliphatic heterocycles. The van der Waals surface area contributed by atoms with E-state index in [-0.39, 0.29) is 50.8 Å². The number of likely N-dealkylation sites (tertiary alicyclic amines) is 1. The van der Waals surface area contributed by atoms with Crippen LogP contribution in [0.4, 0.5) is 0 Å². The molecule has 0 aromatic rings. The number of hydrogen-bond donors (Lipinski definition) is 2. The molecular formula is C12H19NO6. The first kappa shape index (κ1) is 15.4. The molecule has 1 aliphatic rings. The van der Waals surface area contributed by atoms with Crippen LogP contribution in [0.25, 0.3) is 0 Å². The Bertz CT molecular complexity index is 356. The minimum Gasteiger partial charge on any atom is -0.480 e. The number of carbonyl (C=O) groups is 3. The second-order valence-electron chi connectivity index (χ2n) is 4.50. The molecule has 1 fully saturated rings. The molecule has 0 radical (unpaired) electrons. The van der Waals surface area contributed by atoms with E-state index in [2.05, 4.69) is 0 Å². The summed E-state index contributed by atoms with van der Waals surface area (Å²) >= 11 is 0. The average molecular weight is 273 g/mol. The second-order valence-corrected chi connectivity index (χ2v) is 4.50.